The van der Waals surface area contributed by atoms with Gasteiger partial charge < -0.3 is 0 Å². The topological polar surface area (TPSA) is 73.5 Å². The molecule has 6 nitrogen and oxygen atoms in total. The lowest BCUT2D eigenvalue weighted by atomic mass is 10.5. The normalized spacial score (nSPS) is 11.5. The van der Waals surface area contributed by atoms with Crippen LogP contribution in [-0.4, -0.2) is 24.6 Å². The van der Waals surface area contributed by atoms with Crippen LogP contribution in [0.2, 0.25) is 0 Å². The molecule has 25 heavy (non-hydrogen) atoms. The first-order valence-corrected chi connectivity index (χ1v) is 9.84. The van der Waals surface area contributed by atoms with Gasteiger partial charge in [-0.1, -0.05) is 18.2 Å². The van der Waals surface area contributed by atoms with E-state index in [-0.39, 0.29) is 0 Å². The van der Waals surface area contributed by atoms with Crippen molar-refractivity contribution < 1.29 is 0 Å². The minimum Gasteiger partial charge on any atom is -0.244 e. The predicted octanol–water partition coefficient (Wildman–Crippen LogP) is 3.81. The van der Waals surface area contributed by atoms with E-state index in [1.54, 1.807) is 52.7 Å². The summed E-state index contributed by atoms with van der Waals surface area (Å²) in [5.74, 6) is 0.327. The van der Waals surface area contributed by atoms with E-state index in [4.69, 9.17) is 0 Å². The Morgan fingerprint density at radius 2 is 1.20 bits per heavy atom. The Balaban J connectivity index is 1.63. The number of hydrogen-bond acceptors (Lipinski definition) is 7. The molecule has 0 aliphatic heterocycles. The van der Waals surface area contributed by atoms with Gasteiger partial charge in [-0.05, 0) is 34.3 Å². The van der Waals surface area contributed by atoms with Gasteiger partial charge in [-0.3, -0.25) is 0 Å². The molecule has 3 heterocycles. The van der Waals surface area contributed by atoms with Crippen molar-refractivity contribution in [3.8, 4) is 0 Å². The SMILES string of the molecule is C(=NN=C(NN=Cc1cccs1)NN=Cc1cccs1)c1cccs1. The highest BCUT2D eigenvalue weighted by atomic mass is 32.1. The molecule has 0 aromatic carbocycles. The van der Waals surface area contributed by atoms with Gasteiger partial charge >= 0.3 is 0 Å². The van der Waals surface area contributed by atoms with Crippen molar-refractivity contribution in [1.82, 2.24) is 10.9 Å². The van der Waals surface area contributed by atoms with Gasteiger partial charge in [-0.2, -0.15) is 15.3 Å². The highest BCUT2D eigenvalue weighted by Gasteiger charge is 1.95. The van der Waals surface area contributed by atoms with E-state index in [2.05, 4.69) is 31.3 Å². The van der Waals surface area contributed by atoms with E-state index in [0.717, 1.165) is 14.6 Å². The fourth-order valence-electron chi connectivity index (χ4n) is 1.62. The molecule has 0 saturated carbocycles. The molecule has 0 aliphatic rings. The second-order valence-electron chi connectivity index (χ2n) is 4.48. The summed E-state index contributed by atoms with van der Waals surface area (Å²) < 4.78 is 0. The third-order valence-electron chi connectivity index (χ3n) is 2.70. The number of guanidine groups is 1. The lowest BCUT2D eigenvalue weighted by Crippen LogP contribution is -2.30. The Morgan fingerprint density at radius 1 is 0.720 bits per heavy atom. The maximum atomic E-state index is 4.15. The van der Waals surface area contributed by atoms with Crippen molar-refractivity contribution in [2.45, 2.75) is 0 Å². The average Bonchev–Trinajstić information content (AvgIpc) is 3.38. The minimum absolute atomic E-state index is 0.327. The van der Waals surface area contributed by atoms with E-state index in [9.17, 15) is 0 Å². The molecule has 0 spiro atoms. The first-order chi connectivity index (χ1) is 12.4. The van der Waals surface area contributed by atoms with Crippen LogP contribution in [0.15, 0.2) is 72.9 Å². The molecule has 9 heteroatoms. The summed E-state index contributed by atoms with van der Waals surface area (Å²) in [7, 11) is 0. The van der Waals surface area contributed by atoms with E-state index < -0.39 is 0 Å². The standard InChI is InChI=1S/C16H14N6S3/c1-4-13(23-7-1)10-17-20-16(21-18-11-14-5-2-8-24-14)22-19-12-15-6-3-9-25-15/h1-12H,(H2,20,21,22). The zero-order chi connectivity index (χ0) is 17.2. The molecule has 0 saturated heterocycles. The van der Waals surface area contributed by atoms with E-state index in [1.807, 2.05) is 52.5 Å². The van der Waals surface area contributed by atoms with Crippen LogP contribution in [0.1, 0.15) is 14.6 Å². The smallest absolute Gasteiger partial charge is 0.244 e. The van der Waals surface area contributed by atoms with Gasteiger partial charge in [0.25, 0.3) is 5.96 Å². The summed E-state index contributed by atoms with van der Waals surface area (Å²) in [6.07, 6.45) is 5.11. The molecule has 0 fully saturated rings. The third kappa shape index (κ3) is 6.07. The van der Waals surface area contributed by atoms with Gasteiger partial charge in [0, 0.05) is 14.6 Å². The summed E-state index contributed by atoms with van der Waals surface area (Å²) in [4.78, 5) is 3.10. The Kier molecular flexibility index (Phi) is 6.62. The summed E-state index contributed by atoms with van der Waals surface area (Å²) in [5.41, 5.74) is 5.63. The summed E-state index contributed by atoms with van der Waals surface area (Å²) in [6, 6.07) is 11.8. The molecule has 0 aliphatic carbocycles. The highest BCUT2D eigenvalue weighted by molar-refractivity contribution is 7.12. The molecule has 3 aromatic rings. The van der Waals surface area contributed by atoms with Gasteiger partial charge in [0.05, 0.1) is 18.6 Å². The fraction of sp³-hybridized carbons (Fsp3) is 0. The quantitative estimate of drug-likeness (QED) is 0.384. The summed E-state index contributed by atoms with van der Waals surface area (Å²) >= 11 is 4.79. The lowest BCUT2D eigenvalue weighted by molar-refractivity contribution is 0.891. The third-order valence-corrected chi connectivity index (χ3v) is 5.12. The molecular formula is C16H14N6S3. The Hall–Kier alpha value is -2.62. The number of hydrazone groups is 2. The molecule has 0 bridgehead atoms. The average molecular weight is 387 g/mol. The van der Waals surface area contributed by atoms with Crippen molar-refractivity contribution in [3.63, 3.8) is 0 Å². The van der Waals surface area contributed by atoms with Crippen LogP contribution in [0.25, 0.3) is 0 Å². The number of hydrogen-bond donors (Lipinski definition) is 2. The van der Waals surface area contributed by atoms with Gasteiger partial charge in [0.15, 0.2) is 0 Å². The molecule has 0 amide bonds. The largest absolute Gasteiger partial charge is 0.257 e. The van der Waals surface area contributed by atoms with Crippen molar-refractivity contribution >= 4 is 58.6 Å². The van der Waals surface area contributed by atoms with Crippen LogP contribution in [0.5, 0.6) is 0 Å². The first-order valence-electron chi connectivity index (χ1n) is 7.20. The molecule has 3 aromatic heterocycles. The van der Waals surface area contributed by atoms with Crippen LogP contribution in [-0.2, 0) is 0 Å². The number of thiophene rings is 3. The zero-order valence-corrected chi connectivity index (χ0v) is 15.4. The maximum Gasteiger partial charge on any atom is 0.257 e. The second kappa shape index (κ2) is 9.62. The van der Waals surface area contributed by atoms with E-state index >= 15 is 0 Å². The zero-order valence-electron chi connectivity index (χ0n) is 12.9. The van der Waals surface area contributed by atoms with Crippen LogP contribution >= 0.6 is 34.0 Å². The first kappa shape index (κ1) is 17.2. The number of rotatable bonds is 6. The molecule has 0 unspecified atom stereocenters. The molecular weight excluding hydrogens is 372 g/mol. The fourth-order valence-corrected chi connectivity index (χ4v) is 3.37. The predicted molar refractivity (Wildman–Crippen MR) is 109 cm³/mol. The monoisotopic (exact) mass is 386 g/mol. The molecule has 2 N–H and O–H groups in total. The van der Waals surface area contributed by atoms with Crippen molar-refractivity contribution in [2.75, 3.05) is 0 Å². The molecule has 126 valence electrons. The van der Waals surface area contributed by atoms with Gasteiger partial charge in [-0.25, -0.2) is 10.9 Å². The Bertz CT molecular complexity index is 798. The maximum absolute atomic E-state index is 4.15. The van der Waals surface area contributed by atoms with Gasteiger partial charge in [-0.15, -0.1) is 39.1 Å². The van der Waals surface area contributed by atoms with Crippen molar-refractivity contribution in [1.29, 1.82) is 0 Å². The minimum atomic E-state index is 0.327. The van der Waals surface area contributed by atoms with Crippen molar-refractivity contribution in [3.05, 3.63) is 67.2 Å². The van der Waals surface area contributed by atoms with Crippen LogP contribution in [0.4, 0.5) is 0 Å². The van der Waals surface area contributed by atoms with Gasteiger partial charge in [0.1, 0.15) is 0 Å². The molecule has 0 radical (unpaired) electrons. The van der Waals surface area contributed by atoms with Crippen LogP contribution < -0.4 is 10.9 Å². The summed E-state index contributed by atoms with van der Waals surface area (Å²) in [6.45, 7) is 0. The Labute approximate surface area is 157 Å². The Morgan fingerprint density at radius 3 is 1.64 bits per heavy atom. The van der Waals surface area contributed by atoms with Crippen LogP contribution in [0, 0.1) is 0 Å². The lowest BCUT2D eigenvalue weighted by Gasteiger charge is -2.01. The van der Waals surface area contributed by atoms with Crippen LogP contribution in [0.3, 0.4) is 0 Å². The number of nitrogens with zero attached hydrogens (tertiary/aromatic N) is 4. The van der Waals surface area contributed by atoms with Crippen molar-refractivity contribution in [2.24, 2.45) is 20.4 Å². The summed E-state index contributed by atoms with van der Waals surface area (Å²) in [5, 5.41) is 22.4. The van der Waals surface area contributed by atoms with E-state index in [0.29, 0.717) is 5.96 Å². The molecule has 3 rings (SSSR count). The van der Waals surface area contributed by atoms with Gasteiger partial charge in [0.2, 0.25) is 0 Å². The van der Waals surface area contributed by atoms with E-state index in [1.165, 1.54) is 0 Å². The molecule has 0 atom stereocenters. The highest BCUT2D eigenvalue weighted by Crippen LogP contribution is 2.05. The number of nitrogens with one attached hydrogen (secondary N) is 2. The second-order valence-corrected chi connectivity index (χ2v) is 7.42.